The monoisotopic (exact) mass is 338 g/mol. The number of carbonyl (C=O) groups excluding carboxylic acids is 1. The van der Waals surface area contributed by atoms with Gasteiger partial charge in [-0.2, -0.15) is 4.99 Å². The van der Waals surface area contributed by atoms with Crippen LogP contribution in [0.15, 0.2) is 53.5 Å². The molecular weight excluding hydrogens is 316 g/mol. The van der Waals surface area contributed by atoms with Crippen LogP contribution in [0, 0.1) is 12.8 Å². The average Bonchev–Trinajstić information content (AvgIpc) is 2.90. The highest BCUT2D eigenvalue weighted by Crippen LogP contribution is 2.18. The van der Waals surface area contributed by atoms with Crippen molar-refractivity contribution in [1.82, 2.24) is 4.57 Å². The van der Waals surface area contributed by atoms with Crippen molar-refractivity contribution in [3.8, 4) is 0 Å². The van der Waals surface area contributed by atoms with E-state index >= 15 is 0 Å². The molecule has 3 aromatic rings. The third kappa shape index (κ3) is 3.65. The van der Waals surface area contributed by atoms with Crippen molar-refractivity contribution < 1.29 is 4.79 Å². The maximum absolute atomic E-state index is 12.5. The van der Waals surface area contributed by atoms with Gasteiger partial charge in [0.2, 0.25) is 0 Å². The zero-order valence-electron chi connectivity index (χ0n) is 14.3. The number of nitrogens with zero attached hydrogens (tertiary/aromatic N) is 2. The Bertz CT molecular complexity index is 917. The normalized spacial score (nSPS) is 12.2. The number of rotatable bonds is 4. The summed E-state index contributed by atoms with van der Waals surface area (Å²) in [6.07, 6.45) is 1.06. The first-order valence-corrected chi connectivity index (χ1v) is 9.10. The second kappa shape index (κ2) is 7.14. The summed E-state index contributed by atoms with van der Waals surface area (Å²) in [6, 6.07) is 15.8. The van der Waals surface area contributed by atoms with Crippen LogP contribution in [0.5, 0.6) is 0 Å². The van der Waals surface area contributed by atoms with Crippen LogP contribution in [0.4, 0.5) is 0 Å². The first-order chi connectivity index (χ1) is 11.5. The van der Waals surface area contributed by atoms with E-state index < -0.39 is 0 Å². The fourth-order valence-corrected chi connectivity index (χ4v) is 3.61. The molecular formula is C20H22N2OS. The summed E-state index contributed by atoms with van der Waals surface area (Å²) in [5.41, 5.74) is 2.92. The van der Waals surface area contributed by atoms with Gasteiger partial charge in [-0.25, -0.2) is 0 Å². The first-order valence-electron chi connectivity index (χ1n) is 8.28. The van der Waals surface area contributed by atoms with E-state index in [1.807, 2.05) is 43.3 Å². The Balaban J connectivity index is 2.05. The summed E-state index contributed by atoms with van der Waals surface area (Å²) in [6.45, 7) is 7.31. The molecule has 124 valence electrons. The molecule has 0 aliphatic heterocycles. The van der Waals surface area contributed by atoms with Crippen LogP contribution in [0.25, 0.3) is 10.2 Å². The summed E-state index contributed by atoms with van der Waals surface area (Å²) < 4.78 is 3.34. The molecule has 0 bridgehead atoms. The molecule has 4 heteroatoms. The molecule has 0 atom stereocenters. The average molecular weight is 338 g/mol. The summed E-state index contributed by atoms with van der Waals surface area (Å²) in [5, 5.41) is 0. The van der Waals surface area contributed by atoms with Gasteiger partial charge in [-0.3, -0.25) is 4.79 Å². The van der Waals surface area contributed by atoms with Gasteiger partial charge in [0.25, 0.3) is 5.91 Å². The fraction of sp³-hybridized carbons (Fsp3) is 0.300. The lowest BCUT2D eigenvalue weighted by Gasteiger charge is -2.07. The van der Waals surface area contributed by atoms with Crippen molar-refractivity contribution in [3.63, 3.8) is 0 Å². The Hall–Kier alpha value is -2.20. The molecule has 0 spiro atoms. The van der Waals surface area contributed by atoms with E-state index in [1.165, 1.54) is 0 Å². The van der Waals surface area contributed by atoms with Crippen molar-refractivity contribution in [3.05, 3.63) is 64.5 Å². The molecule has 1 amide bonds. The van der Waals surface area contributed by atoms with Crippen molar-refractivity contribution in [2.24, 2.45) is 10.9 Å². The van der Waals surface area contributed by atoms with Crippen LogP contribution >= 0.6 is 11.3 Å². The molecule has 24 heavy (non-hydrogen) atoms. The predicted molar refractivity (Wildman–Crippen MR) is 100 cm³/mol. The van der Waals surface area contributed by atoms with Gasteiger partial charge < -0.3 is 4.57 Å². The van der Waals surface area contributed by atoms with Crippen LogP contribution in [0.3, 0.4) is 0 Å². The molecule has 2 aromatic carbocycles. The molecule has 0 aliphatic rings. The third-order valence-corrected chi connectivity index (χ3v) is 5.07. The van der Waals surface area contributed by atoms with Gasteiger partial charge in [0, 0.05) is 12.1 Å². The molecule has 0 saturated carbocycles. The Morgan fingerprint density at radius 3 is 2.54 bits per heavy atom. The number of hydrogen-bond donors (Lipinski definition) is 0. The van der Waals surface area contributed by atoms with Crippen LogP contribution in [-0.4, -0.2) is 10.5 Å². The van der Waals surface area contributed by atoms with Gasteiger partial charge in [0.15, 0.2) is 4.80 Å². The largest absolute Gasteiger partial charge is 0.316 e. The summed E-state index contributed by atoms with van der Waals surface area (Å²) in [7, 11) is 0. The second-order valence-corrected chi connectivity index (χ2v) is 7.48. The molecule has 0 unspecified atom stereocenters. The van der Waals surface area contributed by atoms with Gasteiger partial charge in [-0.15, -0.1) is 0 Å². The number of thiazole rings is 1. The zero-order valence-corrected chi connectivity index (χ0v) is 15.1. The van der Waals surface area contributed by atoms with E-state index in [4.69, 9.17) is 0 Å². The van der Waals surface area contributed by atoms with Crippen LogP contribution in [0.1, 0.15) is 36.2 Å². The molecule has 1 heterocycles. The first kappa shape index (κ1) is 16.7. The maximum atomic E-state index is 12.5. The summed E-state index contributed by atoms with van der Waals surface area (Å²) in [4.78, 5) is 17.7. The molecule has 1 aromatic heterocycles. The number of fused-ring (bicyclic) bond motifs is 1. The highest BCUT2D eigenvalue weighted by molar-refractivity contribution is 7.16. The van der Waals surface area contributed by atoms with Gasteiger partial charge in [-0.05, 0) is 43.5 Å². The molecule has 0 fully saturated rings. The topological polar surface area (TPSA) is 34.4 Å². The highest BCUT2D eigenvalue weighted by atomic mass is 32.1. The van der Waals surface area contributed by atoms with Crippen molar-refractivity contribution in [2.45, 2.75) is 33.7 Å². The van der Waals surface area contributed by atoms with Crippen LogP contribution in [0.2, 0.25) is 0 Å². The van der Waals surface area contributed by atoms with Gasteiger partial charge in [0.05, 0.1) is 10.2 Å². The Morgan fingerprint density at radius 1 is 1.12 bits per heavy atom. The van der Waals surface area contributed by atoms with Crippen molar-refractivity contribution in [1.29, 1.82) is 0 Å². The minimum atomic E-state index is -0.181. The van der Waals surface area contributed by atoms with Gasteiger partial charge in [0.1, 0.15) is 0 Å². The zero-order chi connectivity index (χ0) is 17.1. The number of amides is 1. The van der Waals surface area contributed by atoms with E-state index in [0.717, 1.165) is 33.5 Å². The van der Waals surface area contributed by atoms with E-state index in [9.17, 15) is 4.79 Å². The Morgan fingerprint density at radius 2 is 1.83 bits per heavy atom. The smallest absolute Gasteiger partial charge is 0.279 e. The van der Waals surface area contributed by atoms with E-state index in [2.05, 4.69) is 35.5 Å². The number of para-hydroxylation sites is 1. The molecule has 3 rings (SSSR count). The number of carbonyl (C=O) groups is 1. The lowest BCUT2D eigenvalue weighted by molar-refractivity contribution is 0.0998. The quantitative estimate of drug-likeness (QED) is 0.673. The van der Waals surface area contributed by atoms with E-state index in [0.29, 0.717) is 11.5 Å². The summed E-state index contributed by atoms with van der Waals surface area (Å²) >= 11 is 1.58. The van der Waals surface area contributed by atoms with E-state index in [-0.39, 0.29) is 5.91 Å². The summed E-state index contributed by atoms with van der Waals surface area (Å²) in [5.74, 6) is 0.427. The molecule has 0 N–H and O–H groups in total. The van der Waals surface area contributed by atoms with Crippen molar-refractivity contribution in [2.75, 3.05) is 0 Å². The Kier molecular flexibility index (Phi) is 4.95. The molecule has 0 aliphatic carbocycles. The highest BCUT2D eigenvalue weighted by Gasteiger charge is 2.09. The number of aromatic nitrogens is 1. The number of aryl methyl sites for hydroxylation is 2. The third-order valence-electron chi connectivity index (χ3n) is 4.01. The molecule has 0 saturated heterocycles. The Labute approximate surface area is 146 Å². The molecule has 3 nitrogen and oxygen atoms in total. The number of benzene rings is 2. The minimum Gasteiger partial charge on any atom is -0.316 e. The minimum absolute atomic E-state index is 0.181. The van der Waals surface area contributed by atoms with Gasteiger partial charge in [-0.1, -0.05) is 55.0 Å². The SMILES string of the molecule is Cc1ccc(C(=O)N=c2sc3ccccc3n2CCC(C)C)cc1. The predicted octanol–water partition coefficient (Wildman–Crippen LogP) is 4.80. The molecule has 0 radical (unpaired) electrons. The van der Waals surface area contributed by atoms with Gasteiger partial charge >= 0.3 is 0 Å². The second-order valence-electron chi connectivity index (χ2n) is 6.47. The fourth-order valence-electron chi connectivity index (χ4n) is 2.56. The standard InChI is InChI=1S/C20H22N2OS/c1-14(2)12-13-22-17-6-4-5-7-18(17)24-20(22)21-19(23)16-10-8-15(3)9-11-16/h4-11,14H,12-13H2,1-3H3. The van der Waals surface area contributed by atoms with E-state index in [1.54, 1.807) is 11.3 Å². The maximum Gasteiger partial charge on any atom is 0.279 e. The number of hydrogen-bond acceptors (Lipinski definition) is 2. The van der Waals surface area contributed by atoms with Crippen molar-refractivity contribution >= 4 is 27.5 Å². The lowest BCUT2D eigenvalue weighted by Crippen LogP contribution is -2.18. The van der Waals surface area contributed by atoms with Crippen LogP contribution < -0.4 is 4.80 Å². The lowest BCUT2D eigenvalue weighted by atomic mass is 10.1. The van der Waals surface area contributed by atoms with Crippen LogP contribution in [-0.2, 0) is 6.54 Å².